The van der Waals surface area contributed by atoms with Crippen LogP contribution in [0.5, 0.6) is 0 Å². The molecule has 0 aromatic carbocycles. The molecular weight excluding hydrogens is 428 g/mol. The molecule has 0 radical (unpaired) electrons. The maximum absolute atomic E-state index is 14.8. The number of halogens is 2. The Kier molecular flexibility index (Phi) is 5.30. The lowest BCUT2D eigenvalue weighted by Gasteiger charge is -2.14. The van der Waals surface area contributed by atoms with Gasteiger partial charge in [0.1, 0.15) is 17.7 Å². The molecule has 3 aromatic heterocycles. The molecule has 4 heterocycles. The molecule has 0 spiro atoms. The van der Waals surface area contributed by atoms with E-state index >= 15 is 0 Å². The second kappa shape index (κ2) is 8.17. The summed E-state index contributed by atoms with van der Waals surface area (Å²) in [5.41, 5.74) is 2.50. The normalized spacial score (nSPS) is 21.1. The maximum atomic E-state index is 14.8. The van der Waals surface area contributed by atoms with Crippen LogP contribution >= 0.6 is 0 Å². The molecule has 2 unspecified atom stereocenters. The molecule has 0 bridgehead atoms. The van der Waals surface area contributed by atoms with Crippen molar-refractivity contribution in [3.8, 4) is 11.3 Å². The molecule has 1 fully saturated rings. The average Bonchev–Trinajstić information content (AvgIpc) is 3.50. The molecule has 1 aliphatic carbocycles. The van der Waals surface area contributed by atoms with Crippen LogP contribution in [-0.2, 0) is 4.79 Å². The van der Waals surface area contributed by atoms with Crippen LogP contribution in [0.15, 0.2) is 36.3 Å². The van der Waals surface area contributed by atoms with E-state index in [-0.39, 0.29) is 29.9 Å². The number of aromatic nitrogens is 6. The van der Waals surface area contributed by atoms with Crippen molar-refractivity contribution in [2.75, 3.05) is 13.1 Å². The van der Waals surface area contributed by atoms with Crippen LogP contribution in [0.1, 0.15) is 57.1 Å². The highest BCUT2D eigenvalue weighted by molar-refractivity contribution is 5.84. The van der Waals surface area contributed by atoms with Crippen LogP contribution in [0.4, 0.5) is 8.78 Å². The number of alkyl halides is 1. The zero-order chi connectivity index (χ0) is 23.3. The lowest BCUT2D eigenvalue weighted by atomic mass is 9.98. The van der Waals surface area contributed by atoms with E-state index in [2.05, 4.69) is 10.2 Å². The Balaban J connectivity index is 1.63. The van der Waals surface area contributed by atoms with Gasteiger partial charge >= 0.3 is 0 Å². The van der Waals surface area contributed by atoms with Crippen LogP contribution in [0.2, 0.25) is 0 Å². The summed E-state index contributed by atoms with van der Waals surface area (Å²) in [7, 11) is 0. The first-order chi connectivity index (χ1) is 15.8. The largest absolute Gasteiger partial charge is 0.341 e. The standard InChI is InChI=1S/C23H25F2N7O/c1-13(2)23-27-26-21-7-6-20(28-32(21)23)18-12-31(16-8-9-30(11-16)14(3)33)29-22(18)17-5-4-15(24)10-19(17)25/h4-7,12-13,15-16H,8-11H2,1-3H3. The van der Waals surface area contributed by atoms with E-state index in [0.29, 0.717) is 35.7 Å². The van der Waals surface area contributed by atoms with E-state index < -0.39 is 12.0 Å². The van der Waals surface area contributed by atoms with Gasteiger partial charge in [-0.2, -0.15) is 14.7 Å². The Hall–Kier alpha value is -3.43. The number of likely N-dealkylation sites (tertiary alicyclic amines) is 1. The quantitative estimate of drug-likeness (QED) is 0.599. The fourth-order valence-corrected chi connectivity index (χ4v) is 4.37. The van der Waals surface area contributed by atoms with E-state index in [1.165, 1.54) is 12.2 Å². The summed E-state index contributed by atoms with van der Waals surface area (Å²) in [4.78, 5) is 13.6. The molecule has 0 saturated carbocycles. The third-order valence-electron chi connectivity index (χ3n) is 6.19. The van der Waals surface area contributed by atoms with E-state index in [9.17, 15) is 13.6 Å². The third kappa shape index (κ3) is 3.83. The average molecular weight is 453 g/mol. The van der Waals surface area contributed by atoms with Gasteiger partial charge in [-0.25, -0.2) is 8.78 Å². The molecular formula is C23H25F2N7O. The van der Waals surface area contributed by atoms with Crippen molar-refractivity contribution in [2.45, 2.75) is 51.7 Å². The van der Waals surface area contributed by atoms with Gasteiger partial charge in [0.15, 0.2) is 11.5 Å². The smallest absolute Gasteiger partial charge is 0.219 e. The predicted molar refractivity (Wildman–Crippen MR) is 119 cm³/mol. The lowest BCUT2D eigenvalue weighted by molar-refractivity contribution is -0.127. The summed E-state index contributed by atoms with van der Waals surface area (Å²) < 4.78 is 32.0. The fraction of sp³-hybridized carbons (Fsp3) is 0.435. The van der Waals surface area contributed by atoms with E-state index in [1.807, 2.05) is 26.1 Å². The highest BCUT2D eigenvalue weighted by Gasteiger charge is 2.29. The van der Waals surface area contributed by atoms with Crippen molar-refractivity contribution in [1.29, 1.82) is 0 Å². The summed E-state index contributed by atoms with van der Waals surface area (Å²) in [6.45, 7) is 6.75. The molecule has 3 aromatic rings. The maximum Gasteiger partial charge on any atom is 0.219 e. The van der Waals surface area contributed by atoms with Crippen molar-refractivity contribution < 1.29 is 13.6 Å². The highest BCUT2D eigenvalue weighted by Crippen LogP contribution is 2.36. The Bertz CT molecular complexity index is 1290. The first kappa shape index (κ1) is 21.4. The van der Waals surface area contributed by atoms with Crippen LogP contribution in [0.25, 0.3) is 22.5 Å². The number of allylic oxidation sites excluding steroid dienone is 4. The van der Waals surface area contributed by atoms with Gasteiger partial charge in [0.25, 0.3) is 0 Å². The molecule has 0 N–H and O–H groups in total. The van der Waals surface area contributed by atoms with Crippen molar-refractivity contribution >= 4 is 17.1 Å². The molecule has 5 rings (SSSR count). The molecule has 2 atom stereocenters. The summed E-state index contributed by atoms with van der Waals surface area (Å²) in [5.74, 6) is 0.311. The number of carbonyl (C=O) groups excluding carboxylic acids is 1. The minimum Gasteiger partial charge on any atom is -0.341 e. The van der Waals surface area contributed by atoms with Gasteiger partial charge in [0.05, 0.1) is 11.7 Å². The van der Waals surface area contributed by atoms with Crippen molar-refractivity contribution in [1.82, 2.24) is 34.5 Å². The number of amides is 1. The second-order valence-corrected chi connectivity index (χ2v) is 8.88. The minimum absolute atomic E-state index is 0.0176. The van der Waals surface area contributed by atoms with Gasteiger partial charge in [-0.05, 0) is 24.6 Å². The number of fused-ring (bicyclic) bond motifs is 1. The molecule has 172 valence electrons. The van der Waals surface area contributed by atoms with Gasteiger partial charge in [-0.15, -0.1) is 10.2 Å². The first-order valence-electron chi connectivity index (χ1n) is 11.1. The molecule has 33 heavy (non-hydrogen) atoms. The van der Waals surface area contributed by atoms with Crippen molar-refractivity contribution in [3.63, 3.8) is 0 Å². The zero-order valence-electron chi connectivity index (χ0n) is 18.7. The number of rotatable bonds is 4. The van der Waals surface area contributed by atoms with E-state index in [4.69, 9.17) is 10.2 Å². The Labute approximate surface area is 189 Å². The number of carbonyl (C=O) groups is 1. The van der Waals surface area contributed by atoms with Gasteiger partial charge in [0.2, 0.25) is 5.91 Å². The fourth-order valence-electron chi connectivity index (χ4n) is 4.37. The van der Waals surface area contributed by atoms with Crippen molar-refractivity contribution in [2.24, 2.45) is 0 Å². The number of nitrogens with zero attached hydrogens (tertiary/aromatic N) is 7. The monoisotopic (exact) mass is 453 g/mol. The number of hydrogen-bond acceptors (Lipinski definition) is 5. The Morgan fingerprint density at radius 3 is 2.73 bits per heavy atom. The van der Waals surface area contributed by atoms with Gasteiger partial charge in [0, 0.05) is 49.7 Å². The van der Waals surface area contributed by atoms with Gasteiger partial charge in [-0.3, -0.25) is 9.48 Å². The van der Waals surface area contributed by atoms with E-state index in [0.717, 1.165) is 12.2 Å². The van der Waals surface area contributed by atoms with Crippen LogP contribution in [-0.4, -0.2) is 59.7 Å². The summed E-state index contributed by atoms with van der Waals surface area (Å²) in [6, 6.07) is 3.59. The second-order valence-electron chi connectivity index (χ2n) is 8.88. The summed E-state index contributed by atoms with van der Waals surface area (Å²) >= 11 is 0. The molecule has 10 heteroatoms. The van der Waals surface area contributed by atoms with Crippen LogP contribution in [0, 0.1) is 0 Å². The molecule has 8 nitrogen and oxygen atoms in total. The first-order valence-corrected chi connectivity index (χ1v) is 11.1. The molecule has 1 saturated heterocycles. The zero-order valence-corrected chi connectivity index (χ0v) is 18.7. The summed E-state index contributed by atoms with van der Waals surface area (Å²) in [6.07, 6.45) is 3.73. The topological polar surface area (TPSA) is 81.2 Å². The molecule has 1 aliphatic heterocycles. The van der Waals surface area contributed by atoms with Crippen molar-refractivity contribution in [3.05, 3.63) is 47.8 Å². The highest BCUT2D eigenvalue weighted by atomic mass is 19.1. The molecule has 2 aliphatic rings. The SMILES string of the molecule is CC(=O)N1CCC(n2cc(-c3ccc4nnc(C(C)C)n4n3)c(C3=C(F)CC(F)C=C3)n2)C1. The Morgan fingerprint density at radius 2 is 2.03 bits per heavy atom. The number of hydrogen-bond donors (Lipinski definition) is 0. The van der Waals surface area contributed by atoms with Crippen LogP contribution < -0.4 is 0 Å². The van der Waals surface area contributed by atoms with Gasteiger partial charge < -0.3 is 4.90 Å². The minimum atomic E-state index is -1.35. The lowest BCUT2D eigenvalue weighted by Crippen LogP contribution is -2.26. The van der Waals surface area contributed by atoms with Crippen LogP contribution in [0.3, 0.4) is 0 Å². The summed E-state index contributed by atoms with van der Waals surface area (Å²) in [5, 5.41) is 17.8. The third-order valence-corrected chi connectivity index (χ3v) is 6.19. The predicted octanol–water partition coefficient (Wildman–Crippen LogP) is 3.88. The Morgan fingerprint density at radius 1 is 1.21 bits per heavy atom. The van der Waals surface area contributed by atoms with Gasteiger partial charge in [-0.1, -0.05) is 19.9 Å². The van der Waals surface area contributed by atoms with E-state index in [1.54, 1.807) is 27.1 Å². The molecule has 1 amide bonds.